The first-order valence-corrected chi connectivity index (χ1v) is 7.81. The van der Waals surface area contributed by atoms with Crippen molar-refractivity contribution in [3.05, 3.63) is 38.7 Å². The van der Waals surface area contributed by atoms with Crippen molar-refractivity contribution in [3.8, 4) is 5.69 Å². The quantitative estimate of drug-likeness (QED) is 0.703. The predicted molar refractivity (Wildman–Crippen MR) is 89.2 cm³/mol. The average molecular weight is 341 g/mol. The first-order valence-electron chi connectivity index (χ1n) is 6.65. The van der Waals surface area contributed by atoms with Gasteiger partial charge in [-0.1, -0.05) is 36.5 Å². The second kappa shape index (κ2) is 5.48. The number of fused-ring (bicyclic) bond motifs is 1. The van der Waals surface area contributed by atoms with Crippen molar-refractivity contribution in [3.63, 3.8) is 0 Å². The second-order valence-electron chi connectivity index (χ2n) is 4.88. The van der Waals surface area contributed by atoms with E-state index < -0.39 is 0 Å². The Morgan fingerprint density at radius 2 is 2.10 bits per heavy atom. The molecule has 110 valence electrons. The lowest BCUT2D eigenvalue weighted by atomic mass is 10.2. The topological polar surface area (TPSA) is 38.5 Å². The Labute approximate surface area is 137 Å². The van der Waals surface area contributed by atoms with Crippen LogP contribution in [0.1, 0.15) is 19.0 Å². The van der Waals surface area contributed by atoms with Crippen molar-refractivity contribution >= 4 is 46.6 Å². The molecule has 1 N–H and O–H groups in total. The van der Waals surface area contributed by atoms with Crippen LogP contribution in [-0.4, -0.2) is 19.3 Å². The highest BCUT2D eigenvalue weighted by atomic mass is 35.5. The van der Waals surface area contributed by atoms with Gasteiger partial charge in [0.2, 0.25) is 0 Å². The van der Waals surface area contributed by atoms with Gasteiger partial charge in [-0.05, 0) is 36.8 Å². The van der Waals surface area contributed by atoms with Crippen molar-refractivity contribution in [2.45, 2.75) is 19.8 Å². The molecule has 7 heteroatoms. The smallest absolute Gasteiger partial charge is 0.184 e. The molecule has 0 unspecified atom stereocenters. The normalized spacial score (nSPS) is 11.4. The Bertz CT molecular complexity index is 875. The summed E-state index contributed by atoms with van der Waals surface area (Å²) in [6.45, 7) is 2.12. The third-order valence-corrected chi connectivity index (χ3v) is 4.21. The van der Waals surface area contributed by atoms with Crippen LogP contribution in [0.15, 0.2) is 18.2 Å². The summed E-state index contributed by atoms with van der Waals surface area (Å²) in [6, 6.07) is 5.33. The summed E-state index contributed by atoms with van der Waals surface area (Å²) in [5.41, 5.74) is 3.62. The first kappa shape index (κ1) is 14.6. The van der Waals surface area contributed by atoms with Gasteiger partial charge in [0.15, 0.2) is 10.4 Å². The van der Waals surface area contributed by atoms with Crippen LogP contribution in [0.5, 0.6) is 0 Å². The summed E-state index contributed by atoms with van der Waals surface area (Å²) in [7, 11) is 1.90. The fraction of sp³-hybridized carbons (Fsp3) is 0.286. The molecule has 0 amide bonds. The number of H-pyrrole nitrogens is 1. The molecule has 0 aliphatic rings. The lowest BCUT2D eigenvalue weighted by Crippen LogP contribution is -2.01. The van der Waals surface area contributed by atoms with Crippen LogP contribution in [0.4, 0.5) is 0 Å². The molecular formula is C14H14Cl2N4S. The minimum Gasteiger partial charge on any atom is -0.327 e. The number of imidazole rings is 1. The fourth-order valence-electron chi connectivity index (χ4n) is 2.51. The van der Waals surface area contributed by atoms with Crippen LogP contribution in [0.25, 0.3) is 16.9 Å². The van der Waals surface area contributed by atoms with E-state index in [0.29, 0.717) is 14.8 Å². The van der Waals surface area contributed by atoms with Gasteiger partial charge in [-0.2, -0.15) is 5.10 Å². The molecule has 0 fully saturated rings. The van der Waals surface area contributed by atoms with Gasteiger partial charge in [0.05, 0.1) is 16.4 Å². The van der Waals surface area contributed by atoms with Gasteiger partial charge in [-0.3, -0.25) is 4.57 Å². The van der Waals surface area contributed by atoms with Crippen LogP contribution in [0.2, 0.25) is 10.0 Å². The number of aryl methyl sites for hydroxylation is 2. The highest BCUT2D eigenvalue weighted by Crippen LogP contribution is 2.29. The number of rotatable bonds is 3. The van der Waals surface area contributed by atoms with Gasteiger partial charge in [0.1, 0.15) is 5.52 Å². The van der Waals surface area contributed by atoms with Crippen molar-refractivity contribution in [1.82, 2.24) is 19.3 Å². The lowest BCUT2D eigenvalue weighted by molar-refractivity contribution is 0.735. The van der Waals surface area contributed by atoms with Crippen LogP contribution < -0.4 is 0 Å². The predicted octanol–water partition coefficient (Wildman–Crippen LogP) is 4.68. The maximum Gasteiger partial charge on any atom is 0.184 e. The zero-order valence-corrected chi connectivity index (χ0v) is 14.0. The van der Waals surface area contributed by atoms with Crippen molar-refractivity contribution in [1.29, 1.82) is 0 Å². The SMILES string of the molecule is CCCc1nn(C)c2c1[nH]c(=S)n2-c1cc(Cl)ccc1Cl. The van der Waals surface area contributed by atoms with E-state index in [4.69, 9.17) is 35.4 Å². The number of nitrogens with zero attached hydrogens (tertiary/aromatic N) is 3. The molecular weight excluding hydrogens is 327 g/mol. The fourth-order valence-corrected chi connectivity index (χ4v) is 3.16. The summed E-state index contributed by atoms with van der Waals surface area (Å²) in [5.74, 6) is 0. The summed E-state index contributed by atoms with van der Waals surface area (Å²) in [4.78, 5) is 3.24. The van der Waals surface area contributed by atoms with E-state index in [9.17, 15) is 0 Å². The van der Waals surface area contributed by atoms with E-state index in [2.05, 4.69) is 17.0 Å². The third-order valence-electron chi connectivity index (χ3n) is 3.37. The third kappa shape index (κ3) is 2.39. The molecule has 0 radical (unpaired) electrons. The molecule has 3 aromatic rings. The van der Waals surface area contributed by atoms with E-state index in [-0.39, 0.29) is 0 Å². The zero-order valence-electron chi connectivity index (χ0n) is 11.7. The molecule has 0 atom stereocenters. The molecule has 0 aliphatic heterocycles. The van der Waals surface area contributed by atoms with Crippen LogP contribution >= 0.6 is 35.4 Å². The van der Waals surface area contributed by atoms with Crippen LogP contribution in [0, 0.1) is 4.77 Å². The molecule has 0 aliphatic carbocycles. The van der Waals surface area contributed by atoms with Crippen molar-refractivity contribution in [2.24, 2.45) is 7.05 Å². The van der Waals surface area contributed by atoms with Gasteiger partial charge in [-0.25, -0.2) is 4.68 Å². The molecule has 3 rings (SSSR count). The van der Waals surface area contributed by atoms with Crippen molar-refractivity contribution < 1.29 is 0 Å². The van der Waals surface area contributed by atoms with E-state index in [1.54, 1.807) is 18.2 Å². The number of hydrogen-bond donors (Lipinski definition) is 1. The summed E-state index contributed by atoms with van der Waals surface area (Å²) in [6.07, 6.45) is 1.92. The van der Waals surface area contributed by atoms with Gasteiger partial charge < -0.3 is 4.98 Å². The maximum atomic E-state index is 6.31. The number of nitrogens with one attached hydrogen (secondary N) is 1. The van der Waals surface area contributed by atoms with E-state index in [0.717, 1.165) is 35.4 Å². The van der Waals surface area contributed by atoms with E-state index in [1.165, 1.54) is 0 Å². The van der Waals surface area contributed by atoms with Crippen molar-refractivity contribution in [2.75, 3.05) is 0 Å². The number of aromatic amines is 1. The Balaban J connectivity index is 2.35. The van der Waals surface area contributed by atoms with Gasteiger partial charge in [0.25, 0.3) is 0 Å². The Morgan fingerprint density at radius 3 is 2.81 bits per heavy atom. The summed E-state index contributed by atoms with van der Waals surface area (Å²) >= 11 is 17.9. The van der Waals surface area contributed by atoms with Gasteiger partial charge >= 0.3 is 0 Å². The van der Waals surface area contributed by atoms with Gasteiger partial charge in [0, 0.05) is 12.1 Å². The summed E-state index contributed by atoms with van der Waals surface area (Å²) < 4.78 is 4.29. The Morgan fingerprint density at radius 1 is 1.33 bits per heavy atom. The molecule has 0 saturated carbocycles. The number of hydrogen-bond acceptors (Lipinski definition) is 2. The van der Waals surface area contributed by atoms with E-state index in [1.807, 2.05) is 16.3 Å². The highest BCUT2D eigenvalue weighted by molar-refractivity contribution is 7.71. The molecule has 2 aromatic heterocycles. The Hall–Kier alpha value is -1.30. The molecule has 4 nitrogen and oxygen atoms in total. The molecule has 0 bridgehead atoms. The molecule has 1 aromatic carbocycles. The maximum absolute atomic E-state index is 6.31. The highest BCUT2D eigenvalue weighted by Gasteiger charge is 2.17. The van der Waals surface area contributed by atoms with Crippen LogP contribution in [-0.2, 0) is 13.5 Å². The lowest BCUT2D eigenvalue weighted by Gasteiger charge is -2.07. The minimum absolute atomic E-state index is 0.583. The average Bonchev–Trinajstić information content (AvgIpc) is 2.91. The first-order chi connectivity index (χ1) is 10.0. The minimum atomic E-state index is 0.583. The number of benzene rings is 1. The molecule has 2 heterocycles. The summed E-state index contributed by atoms with van der Waals surface area (Å²) in [5, 5.41) is 5.77. The van der Waals surface area contributed by atoms with Gasteiger partial charge in [-0.15, -0.1) is 0 Å². The largest absolute Gasteiger partial charge is 0.327 e. The molecule has 21 heavy (non-hydrogen) atoms. The second-order valence-corrected chi connectivity index (χ2v) is 6.11. The number of halogens is 2. The van der Waals surface area contributed by atoms with Crippen LogP contribution in [0.3, 0.4) is 0 Å². The van der Waals surface area contributed by atoms with E-state index >= 15 is 0 Å². The zero-order chi connectivity index (χ0) is 15.1. The standard InChI is InChI=1S/C14H14Cl2N4S/c1-3-4-10-12-13(19(2)18-10)20(14(21)17-12)11-7-8(15)5-6-9(11)16/h5-7H,3-4H2,1-2H3,(H,17,21). The molecule has 0 spiro atoms. The molecule has 0 saturated heterocycles. The monoisotopic (exact) mass is 340 g/mol. The number of aromatic nitrogens is 4. The Kier molecular flexibility index (Phi) is 3.82.